The van der Waals surface area contributed by atoms with E-state index in [1.54, 1.807) is 0 Å². The van der Waals surface area contributed by atoms with Gasteiger partial charge in [-0.3, -0.25) is 0 Å². The Bertz CT molecular complexity index is 186. The summed E-state index contributed by atoms with van der Waals surface area (Å²) in [6.07, 6.45) is 5.13. The molecule has 0 aromatic carbocycles. The van der Waals surface area contributed by atoms with Crippen LogP contribution in [0.4, 0.5) is 0 Å². The number of hydrogen-bond donors (Lipinski definition) is 0. The van der Waals surface area contributed by atoms with Crippen LogP contribution in [0.1, 0.15) is 33.6 Å². The molecule has 2 nitrogen and oxygen atoms in total. The largest absolute Gasteiger partial charge is 0.459 e. The molecule has 0 bridgehead atoms. The summed E-state index contributed by atoms with van der Waals surface area (Å²) in [5, 5.41) is 0. The Labute approximate surface area is 73.9 Å². The Morgan fingerprint density at radius 2 is 2.25 bits per heavy atom. The summed E-state index contributed by atoms with van der Waals surface area (Å²) < 4.78 is 4.85. The van der Waals surface area contributed by atoms with E-state index in [0.717, 1.165) is 12.8 Å². The molecule has 0 aliphatic carbocycles. The molecule has 0 amide bonds. The first-order valence-corrected chi connectivity index (χ1v) is 4.28. The maximum absolute atomic E-state index is 10.9. The Morgan fingerprint density at radius 1 is 1.58 bits per heavy atom. The van der Waals surface area contributed by atoms with Crippen molar-refractivity contribution in [2.45, 2.75) is 39.7 Å². The summed E-state index contributed by atoms with van der Waals surface area (Å²) in [5.41, 5.74) is 2.77. The maximum Gasteiger partial charge on any atom is 0.338 e. The monoisotopic (exact) mass is 168 g/mol. The van der Waals surface area contributed by atoms with Crippen LogP contribution in [0, 0.1) is 0 Å². The fourth-order valence-electron chi connectivity index (χ4n) is 0.621. The highest BCUT2D eigenvalue weighted by Gasteiger charge is 1.97. The normalized spacial score (nSPS) is 9.00. The summed E-state index contributed by atoms with van der Waals surface area (Å²) in [7, 11) is 0. The molecule has 0 heterocycles. The summed E-state index contributed by atoms with van der Waals surface area (Å²) in [5.74, 6) is -0.322. The van der Waals surface area contributed by atoms with Gasteiger partial charge in [-0.15, -0.1) is 5.73 Å². The van der Waals surface area contributed by atoms with Crippen LogP contribution >= 0.6 is 0 Å². The van der Waals surface area contributed by atoms with Crippen molar-refractivity contribution < 1.29 is 9.53 Å². The van der Waals surface area contributed by atoms with Crippen molar-refractivity contribution in [1.29, 1.82) is 0 Å². The van der Waals surface area contributed by atoms with E-state index in [0.29, 0.717) is 0 Å². The Balaban J connectivity index is 3.75. The molecule has 0 atom stereocenters. The Morgan fingerprint density at radius 3 is 2.75 bits per heavy atom. The van der Waals surface area contributed by atoms with Crippen molar-refractivity contribution >= 4 is 5.97 Å². The van der Waals surface area contributed by atoms with Gasteiger partial charge in [-0.25, -0.2) is 4.79 Å². The predicted molar refractivity (Wildman–Crippen MR) is 48.8 cm³/mol. The lowest BCUT2D eigenvalue weighted by Gasteiger charge is -2.02. The number of rotatable bonds is 4. The van der Waals surface area contributed by atoms with Crippen molar-refractivity contribution in [2.24, 2.45) is 0 Å². The molecule has 0 aromatic rings. The van der Waals surface area contributed by atoms with Crippen LogP contribution in [0.15, 0.2) is 17.9 Å². The van der Waals surface area contributed by atoms with Gasteiger partial charge in [0.2, 0.25) is 0 Å². The smallest absolute Gasteiger partial charge is 0.338 e. The maximum atomic E-state index is 10.9. The van der Waals surface area contributed by atoms with Crippen LogP contribution in [0.25, 0.3) is 0 Å². The molecule has 0 radical (unpaired) electrons. The molecule has 12 heavy (non-hydrogen) atoms. The van der Waals surface area contributed by atoms with E-state index in [9.17, 15) is 4.79 Å². The molecular formula is C10H16O2. The third-order valence-corrected chi connectivity index (χ3v) is 1.10. The second-order valence-electron chi connectivity index (χ2n) is 2.79. The van der Waals surface area contributed by atoms with Crippen LogP contribution in [0.2, 0.25) is 0 Å². The van der Waals surface area contributed by atoms with Gasteiger partial charge in [-0.05, 0) is 26.3 Å². The van der Waals surface area contributed by atoms with E-state index in [4.69, 9.17) is 4.74 Å². The summed E-state index contributed by atoms with van der Waals surface area (Å²) in [6, 6.07) is 0. The SMILES string of the molecule is CCCC=C=CC(=O)OC(C)C. The third-order valence-electron chi connectivity index (χ3n) is 1.10. The minimum Gasteiger partial charge on any atom is -0.459 e. The van der Waals surface area contributed by atoms with Crippen molar-refractivity contribution in [3.05, 3.63) is 17.9 Å². The molecule has 0 saturated heterocycles. The first kappa shape index (κ1) is 11.0. The number of carbonyl (C=O) groups is 1. The standard InChI is InChI=1S/C10H16O2/c1-4-5-6-7-8-10(11)12-9(2)3/h6,8-9H,4-5H2,1-3H3. The number of carbonyl (C=O) groups excluding carboxylic acids is 1. The summed E-state index contributed by atoms with van der Waals surface area (Å²) in [6.45, 7) is 5.72. The number of hydrogen-bond acceptors (Lipinski definition) is 2. The zero-order valence-corrected chi connectivity index (χ0v) is 7.96. The number of ether oxygens (including phenoxy) is 1. The van der Waals surface area contributed by atoms with Crippen LogP contribution in [0.3, 0.4) is 0 Å². The minimum absolute atomic E-state index is 0.0540. The molecule has 0 rings (SSSR count). The molecular weight excluding hydrogens is 152 g/mol. The van der Waals surface area contributed by atoms with Gasteiger partial charge in [-0.1, -0.05) is 13.3 Å². The minimum atomic E-state index is -0.322. The van der Waals surface area contributed by atoms with Crippen LogP contribution in [-0.2, 0) is 9.53 Å². The Hall–Kier alpha value is -1.01. The van der Waals surface area contributed by atoms with E-state index in [1.807, 2.05) is 19.9 Å². The lowest BCUT2D eigenvalue weighted by Crippen LogP contribution is -2.07. The van der Waals surface area contributed by atoms with Crippen molar-refractivity contribution in [3.63, 3.8) is 0 Å². The molecule has 0 fully saturated rings. The molecule has 0 saturated carbocycles. The molecule has 0 aromatic heterocycles. The van der Waals surface area contributed by atoms with E-state index in [-0.39, 0.29) is 12.1 Å². The number of unbranched alkanes of at least 4 members (excludes halogenated alkanes) is 1. The highest BCUT2D eigenvalue weighted by molar-refractivity contribution is 5.81. The van der Waals surface area contributed by atoms with Crippen LogP contribution in [0.5, 0.6) is 0 Å². The van der Waals surface area contributed by atoms with E-state index in [1.165, 1.54) is 6.08 Å². The lowest BCUT2D eigenvalue weighted by molar-refractivity contribution is -0.141. The molecule has 0 aliphatic rings. The van der Waals surface area contributed by atoms with Gasteiger partial charge in [0.1, 0.15) is 0 Å². The first-order chi connectivity index (χ1) is 5.66. The van der Waals surface area contributed by atoms with Crippen molar-refractivity contribution in [3.8, 4) is 0 Å². The van der Waals surface area contributed by atoms with Gasteiger partial charge in [0.15, 0.2) is 0 Å². The average molecular weight is 168 g/mol. The molecule has 2 heteroatoms. The van der Waals surface area contributed by atoms with E-state index >= 15 is 0 Å². The van der Waals surface area contributed by atoms with Gasteiger partial charge >= 0.3 is 5.97 Å². The molecule has 68 valence electrons. The van der Waals surface area contributed by atoms with Gasteiger partial charge in [0.05, 0.1) is 12.2 Å². The average Bonchev–Trinajstić information content (AvgIpc) is 1.97. The van der Waals surface area contributed by atoms with E-state index < -0.39 is 0 Å². The third kappa shape index (κ3) is 7.10. The summed E-state index contributed by atoms with van der Waals surface area (Å²) in [4.78, 5) is 10.9. The van der Waals surface area contributed by atoms with Crippen molar-refractivity contribution in [2.75, 3.05) is 0 Å². The van der Waals surface area contributed by atoms with Gasteiger partial charge < -0.3 is 4.74 Å². The highest BCUT2D eigenvalue weighted by atomic mass is 16.5. The second-order valence-corrected chi connectivity index (χ2v) is 2.79. The fraction of sp³-hybridized carbons (Fsp3) is 0.600. The first-order valence-electron chi connectivity index (χ1n) is 4.28. The Kier molecular flexibility index (Phi) is 6.12. The lowest BCUT2D eigenvalue weighted by atomic mass is 10.3. The predicted octanol–water partition coefficient (Wildman–Crippen LogP) is 2.45. The second kappa shape index (κ2) is 6.68. The zero-order valence-electron chi connectivity index (χ0n) is 7.96. The van der Waals surface area contributed by atoms with E-state index in [2.05, 4.69) is 12.7 Å². The quantitative estimate of drug-likeness (QED) is 0.366. The fourth-order valence-corrected chi connectivity index (χ4v) is 0.621. The van der Waals surface area contributed by atoms with Gasteiger partial charge in [0.25, 0.3) is 0 Å². The number of esters is 1. The molecule has 0 N–H and O–H groups in total. The topological polar surface area (TPSA) is 26.3 Å². The molecule has 0 unspecified atom stereocenters. The van der Waals surface area contributed by atoms with Crippen LogP contribution in [-0.4, -0.2) is 12.1 Å². The molecule has 0 spiro atoms. The zero-order chi connectivity index (χ0) is 9.40. The van der Waals surface area contributed by atoms with Crippen molar-refractivity contribution in [1.82, 2.24) is 0 Å². The summed E-state index contributed by atoms with van der Waals surface area (Å²) >= 11 is 0. The van der Waals surface area contributed by atoms with Crippen LogP contribution < -0.4 is 0 Å². The highest BCUT2D eigenvalue weighted by Crippen LogP contribution is 1.90. The van der Waals surface area contributed by atoms with Gasteiger partial charge in [0, 0.05) is 0 Å². The molecule has 0 aliphatic heterocycles. The van der Waals surface area contributed by atoms with Gasteiger partial charge in [-0.2, -0.15) is 0 Å².